The van der Waals surface area contributed by atoms with E-state index in [0.29, 0.717) is 0 Å². The zero-order valence-electron chi connectivity index (χ0n) is 10.9. The Morgan fingerprint density at radius 1 is 0.350 bits per heavy atom. The van der Waals surface area contributed by atoms with Crippen molar-refractivity contribution in [2.45, 2.75) is 0 Å². The molecular formula is C18H16AuCl. The average Bonchev–Trinajstić information content (AvgIpc) is 2.54. The average molecular weight is 465 g/mol. The van der Waals surface area contributed by atoms with Gasteiger partial charge in [-0.05, 0) is 0 Å². The fourth-order valence-corrected chi connectivity index (χ4v) is 1.03. The summed E-state index contributed by atoms with van der Waals surface area (Å²) in [7, 11) is 0. The van der Waals surface area contributed by atoms with Crippen LogP contribution in [0.5, 0.6) is 0 Å². The van der Waals surface area contributed by atoms with Crippen molar-refractivity contribution >= 4 is 12.4 Å². The summed E-state index contributed by atoms with van der Waals surface area (Å²) >= 11 is 0. The maximum absolute atomic E-state index is 2.89. The van der Waals surface area contributed by atoms with Crippen LogP contribution in [0.4, 0.5) is 0 Å². The first-order valence-electron chi connectivity index (χ1n) is 5.73. The van der Waals surface area contributed by atoms with E-state index in [1.165, 1.54) is 0 Å². The molecule has 0 aliphatic rings. The van der Waals surface area contributed by atoms with Crippen molar-refractivity contribution in [1.82, 2.24) is 0 Å². The van der Waals surface area contributed by atoms with Crippen LogP contribution in [-0.2, 0) is 22.4 Å². The topological polar surface area (TPSA) is 0 Å². The number of halogens is 1. The van der Waals surface area contributed by atoms with Crippen molar-refractivity contribution < 1.29 is 22.4 Å². The van der Waals surface area contributed by atoms with Gasteiger partial charge in [0.2, 0.25) is 0 Å². The van der Waals surface area contributed by atoms with Crippen LogP contribution in [0.1, 0.15) is 0 Å². The van der Waals surface area contributed by atoms with E-state index in [9.17, 15) is 0 Å². The van der Waals surface area contributed by atoms with Gasteiger partial charge in [0.15, 0.2) is 0 Å². The predicted molar refractivity (Wildman–Crippen MR) is 83.1 cm³/mol. The van der Waals surface area contributed by atoms with Gasteiger partial charge in [0.1, 0.15) is 0 Å². The minimum atomic E-state index is 0. The van der Waals surface area contributed by atoms with Crippen LogP contribution >= 0.6 is 12.4 Å². The third kappa shape index (κ3) is 14.8. The molecule has 0 N–H and O–H groups in total. The Balaban J connectivity index is 0. The van der Waals surface area contributed by atoms with Crippen LogP contribution in [0.25, 0.3) is 0 Å². The molecule has 0 spiro atoms. The van der Waals surface area contributed by atoms with Crippen molar-refractivity contribution in [3.05, 3.63) is 109 Å². The molecular weight excluding hydrogens is 449 g/mol. The van der Waals surface area contributed by atoms with E-state index in [0.717, 1.165) is 0 Å². The molecule has 3 rings (SSSR count). The summed E-state index contributed by atoms with van der Waals surface area (Å²) in [5.41, 5.74) is 0. The summed E-state index contributed by atoms with van der Waals surface area (Å²) in [6.45, 7) is 0. The Morgan fingerprint density at radius 3 is 0.600 bits per heavy atom. The van der Waals surface area contributed by atoms with Crippen molar-refractivity contribution in [1.29, 1.82) is 0 Å². The molecule has 0 atom stereocenters. The van der Waals surface area contributed by atoms with Crippen molar-refractivity contribution in [3.8, 4) is 0 Å². The molecule has 20 heavy (non-hydrogen) atoms. The van der Waals surface area contributed by atoms with Gasteiger partial charge in [-0.2, -0.15) is 109 Å². The van der Waals surface area contributed by atoms with Gasteiger partial charge in [-0.15, -0.1) is 12.4 Å². The molecule has 0 bridgehead atoms. The number of hydrogen-bond acceptors (Lipinski definition) is 0. The molecule has 0 saturated heterocycles. The first-order valence-corrected chi connectivity index (χ1v) is 5.73. The Kier molecular flexibility index (Phi) is 18.6. The Morgan fingerprint density at radius 2 is 0.550 bits per heavy atom. The summed E-state index contributed by atoms with van der Waals surface area (Å²) in [5.74, 6) is 0. The zero-order valence-corrected chi connectivity index (χ0v) is 13.9. The second-order valence-corrected chi connectivity index (χ2v) is 3.23. The molecule has 0 aromatic heterocycles. The van der Waals surface area contributed by atoms with Gasteiger partial charge >= 0.3 is 22.4 Å². The first kappa shape index (κ1) is 21.0. The SMILES string of the molecule is Cl.[Au+3].[c-]1ccccc1.[c-]1ccccc1.[c-]1ccccc1. The maximum Gasteiger partial charge on any atom is 3.00 e. The molecule has 0 aliphatic carbocycles. The molecule has 3 aromatic rings. The summed E-state index contributed by atoms with van der Waals surface area (Å²) in [6.07, 6.45) is 0. The predicted octanol–water partition coefficient (Wildman–Crippen LogP) is 4.88. The molecule has 0 heterocycles. The molecule has 0 amide bonds. The quantitative estimate of drug-likeness (QED) is 0.329. The van der Waals surface area contributed by atoms with E-state index in [1.807, 2.05) is 91.0 Å². The van der Waals surface area contributed by atoms with Gasteiger partial charge in [-0.25, -0.2) is 0 Å². The maximum atomic E-state index is 2.89. The van der Waals surface area contributed by atoms with E-state index >= 15 is 0 Å². The monoisotopic (exact) mass is 464 g/mol. The van der Waals surface area contributed by atoms with Crippen LogP contribution in [0.2, 0.25) is 0 Å². The minimum absolute atomic E-state index is 0. The molecule has 0 unspecified atom stereocenters. The van der Waals surface area contributed by atoms with E-state index in [-0.39, 0.29) is 34.8 Å². The summed E-state index contributed by atoms with van der Waals surface area (Å²) in [5, 5.41) is 0. The number of hydrogen-bond donors (Lipinski definition) is 0. The number of rotatable bonds is 0. The molecule has 2 heteroatoms. The van der Waals surface area contributed by atoms with Gasteiger partial charge in [0.25, 0.3) is 0 Å². The van der Waals surface area contributed by atoms with Crippen molar-refractivity contribution in [2.24, 2.45) is 0 Å². The van der Waals surface area contributed by atoms with Crippen LogP contribution in [0.3, 0.4) is 0 Å². The molecule has 106 valence electrons. The fourth-order valence-electron chi connectivity index (χ4n) is 1.03. The summed E-state index contributed by atoms with van der Waals surface area (Å²) < 4.78 is 0. The Labute approximate surface area is 143 Å². The minimum Gasteiger partial charge on any atom is -0.184 e. The van der Waals surface area contributed by atoms with Crippen LogP contribution in [-0.4, -0.2) is 0 Å². The van der Waals surface area contributed by atoms with Gasteiger partial charge in [-0.3, -0.25) is 0 Å². The third-order valence-corrected chi connectivity index (χ3v) is 1.82. The van der Waals surface area contributed by atoms with Crippen LogP contribution in [0.15, 0.2) is 91.0 Å². The Hall–Kier alpha value is -1.31. The molecule has 0 saturated carbocycles. The van der Waals surface area contributed by atoms with E-state index in [4.69, 9.17) is 0 Å². The van der Waals surface area contributed by atoms with Gasteiger partial charge in [0, 0.05) is 0 Å². The van der Waals surface area contributed by atoms with Gasteiger partial charge in [-0.1, -0.05) is 0 Å². The molecule has 0 radical (unpaired) electrons. The number of benzene rings is 3. The van der Waals surface area contributed by atoms with E-state index < -0.39 is 0 Å². The summed E-state index contributed by atoms with van der Waals surface area (Å²) in [4.78, 5) is 0. The van der Waals surface area contributed by atoms with Crippen LogP contribution < -0.4 is 0 Å². The summed E-state index contributed by atoms with van der Waals surface area (Å²) in [6, 6.07) is 37.5. The molecule has 3 aromatic carbocycles. The van der Waals surface area contributed by atoms with Gasteiger partial charge < -0.3 is 0 Å². The molecule has 0 aliphatic heterocycles. The second kappa shape index (κ2) is 17.7. The van der Waals surface area contributed by atoms with Crippen molar-refractivity contribution in [2.75, 3.05) is 0 Å². The fraction of sp³-hybridized carbons (Fsp3) is 0. The molecule has 0 nitrogen and oxygen atoms in total. The van der Waals surface area contributed by atoms with Crippen LogP contribution in [0, 0.1) is 18.2 Å². The zero-order chi connectivity index (χ0) is 12.7. The smallest absolute Gasteiger partial charge is 0.184 e. The van der Waals surface area contributed by atoms with E-state index in [1.54, 1.807) is 0 Å². The Bertz CT molecular complexity index is 302. The standard InChI is InChI=1S/3C6H5.Au.ClH/c3*1-2-4-6-5-3-1;;/h3*1-5H;;1H/q3*-1;+3;. The molecule has 0 fully saturated rings. The first-order chi connectivity index (χ1) is 9.00. The van der Waals surface area contributed by atoms with Gasteiger partial charge in [0.05, 0.1) is 0 Å². The third-order valence-electron chi connectivity index (χ3n) is 1.82. The largest absolute Gasteiger partial charge is 3.00 e. The second-order valence-electron chi connectivity index (χ2n) is 3.23. The van der Waals surface area contributed by atoms with Crippen molar-refractivity contribution in [3.63, 3.8) is 0 Å². The normalized spacial score (nSPS) is 7.20. The van der Waals surface area contributed by atoms with E-state index in [2.05, 4.69) is 18.2 Å².